The maximum absolute atomic E-state index is 10.5. The number of aromatic nitrogens is 2. The molecule has 1 rings (SSSR count). The number of Topliss-reactive ketones (excluding diaryl/α,β-unsaturated/α-hetero) is 1. The van der Waals surface area contributed by atoms with E-state index >= 15 is 0 Å². The number of hydrogen-bond acceptors (Lipinski definition) is 2. The molecule has 0 fully saturated rings. The second-order valence-electron chi connectivity index (χ2n) is 2.06. The van der Waals surface area contributed by atoms with Gasteiger partial charge in [-0.25, -0.2) is 0 Å². The molecule has 10 heavy (non-hydrogen) atoms. The Bertz CT molecular complexity index is 244. The molecule has 0 aromatic carbocycles. The Morgan fingerprint density at radius 1 is 1.90 bits per heavy atom. The van der Waals surface area contributed by atoms with Gasteiger partial charge in [0.1, 0.15) is 0 Å². The van der Waals surface area contributed by atoms with Gasteiger partial charge in [-0.2, -0.15) is 5.10 Å². The lowest BCUT2D eigenvalue weighted by Crippen LogP contribution is -2.05. The number of halogens is 1. The summed E-state index contributed by atoms with van der Waals surface area (Å²) in [6.07, 6.45) is 3.12. The van der Waals surface area contributed by atoms with E-state index in [2.05, 4.69) is 5.10 Å². The first kappa shape index (κ1) is 7.28. The van der Waals surface area contributed by atoms with Gasteiger partial charge in [0, 0.05) is 6.20 Å². The summed E-state index contributed by atoms with van der Waals surface area (Å²) in [6.45, 7) is 1.81. The first-order valence-corrected chi connectivity index (χ1v) is 3.23. The molecule has 1 aromatic heterocycles. The molecule has 3 nitrogen and oxygen atoms in total. The van der Waals surface area contributed by atoms with Gasteiger partial charge in [-0.1, -0.05) is 11.6 Å². The molecular weight excluding hydrogens is 152 g/mol. The standard InChI is InChI=1S/C6H7ClN2O/c1-5(10)3-9-4-6(7)2-8-9/h2,4H,3H2,1H3. The van der Waals surface area contributed by atoms with Gasteiger partial charge in [0.25, 0.3) is 0 Å². The molecule has 0 saturated carbocycles. The minimum absolute atomic E-state index is 0.0692. The lowest BCUT2D eigenvalue weighted by molar-refractivity contribution is -0.117. The molecule has 0 aliphatic carbocycles. The fraction of sp³-hybridized carbons (Fsp3) is 0.333. The maximum Gasteiger partial charge on any atom is 0.151 e. The van der Waals surface area contributed by atoms with Gasteiger partial charge in [-0.15, -0.1) is 0 Å². The van der Waals surface area contributed by atoms with E-state index in [4.69, 9.17) is 11.6 Å². The molecular formula is C6H7ClN2O. The number of hydrogen-bond donors (Lipinski definition) is 0. The largest absolute Gasteiger partial charge is 0.298 e. The highest BCUT2D eigenvalue weighted by Gasteiger charge is 1.96. The van der Waals surface area contributed by atoms with Crippen molar-refractivity contribution < 1.29 is 4.79 Å². The van der Waals surface area contributed by atoms with Gasteiger partial charge in [-0.3, -0.25) is 9.48 Å². The van der Waals surface area contributed by atoms with E-state index in [1.165, 1.54) is 17.8 Å². The van der Waals surface area contributed by atoms with Crippen molar-refractivity contribution in [3.63, 3.8) is 0 Å². The molecule has 0 spiro atoms. The summed E-state index contributed by atoms with van der Waals surface area (Å²) in [6, 6.07) is 0. The average molecular weight is 159 g/mol. The van der Waals surface area contributed by atoms with Crippen LogP contribution in [-0.2, 0) is 11.3 Å². The van der Waals surface area contributed by atoms with E-state index in [0.717, 1.165) is 0 Å². The third-order valence-corrected chi connectivity index (χ3v) is 1.18. The van der Waals surface area contributed by atoms with Crippen molar-refractivity contribution in [1.29, 1.82) is 0 Å². The molecule has 0 aliphatic heterocycles. The SMILES string of the molecule is CC(=O)Cn1cc(Cl)cn1. The Labute approximate surface area is 63.6 Å². The Hall–Kier alpha value is -0.830. The van der Waals surface area contributed by atoms with Crippen molar-refractivity contribution in [2.45, 2.75) is 13.5 Å². The number of carbonyl (C=O) groups is 1. The third kappa shape index (κ3) is 1.84. The molecule has 54 valence electrons. The smallest absolute Gasteiger partial charge is 0.151 e. The van der Waals surface area contributed by atoms with Crippen LogP contribution in [0.4, 0.5) is 0 Å². The van der Waals surface area contributed by atoms with Crippen molar-refractivity contribution in [2.24, 2.45) is 0 Å². The number of carbonyl (C=O) groups excluding carboxylic acids is 1. The first-order chi connectivity index (χ1) is 4.68. The van der Waals surface area contributed by atoms with Gasteiger partial charge in [-0.05, 0) is 6.92 Å². The number of ketones is 1. The van der Waals surface area contributed by atoms with Gasteiger partial charge >= 0.3 is 0 Å². The van der Waals surface area contributed by atoms with E-state index in [9.17, 15) is 4.79 Å². The minimum atomic E-state index is 0.0692. The van der Waals surface area contributed by atoms with Crippen molar-refractivity contribution >= 4 is 17.4 Å². The Morgan fingerprint density at radius 2 is 2.60 bits per heavy atom. The molecule has 0 radical (unpaired) electrons. The predicted octanol–water partition coefficient (Wildman–Crippen LogP) is 1.13. The van der Waals surface area contributed by atoms with Crippen molar-refractivity contribution in [3.05, 3.63) is 17.4 Å². The van der Waals surface area contributed by atoms with Crippen LogP contribution in [0.15, 0.2) is 12.4 Å². The van der Waals surface area contributed by atoms with Gasteiger partial charge in [0.2, 0.25) is 0 Å². The van der Waals surface area contributed by atoms with Crippen molar-refractivity contribution in [3.8, 4) is 0 Å². The predicted molar refractivity (Wildman–Crippen MR) is 37.9 cm³/mol. The summed E-state index contributed by atoms with van der Waals surface area (Å²) in [5.41, 5.74) is 0. The van der Waals surface area contributed by atoms with Gasteiger partial charge in [0.05, 0.1) is 17.8 Å². The van der Waals surface area contributed by atoms with Crippen molar-refractivity contribution in [1.82, 2.24) is 9.78 Å². The summed E-state index contributed by atoms with van der Waals surface area (Å²) in [4.78, 5) is 10.5. The van der Waals surface area contributed by atoms with Crippen LogP contribution in [0.2, 0.25) is 5.02 Å². The highest BCUT2D eigenvalue weighted by atomic mass is 35.5. The fourth-order valence-electron chi connectivity index (χ4n) is 0.653. The summed E-state index contributed by atoms with van der Waals surface area (Å²) in [7, 11) is 0. The molecule has 1 aromatic rings. The number of rotatable bonds is 2. The van der Waals surface area contributed by atoms with E-state index in [1.54, 1.807) is 6.20 Å². The average Bonchev–Trinajstić information content (AvgIpc) is 2.13. The lowest BCUT2D eigenvalue weighted by atomic mass is 10.4. The van der Waals surface area contributed by atoms with Gasteiger partial charge in [0.15, 0.2) is 5.78 Å². The van der Waals surface area contributed by atoms with Crippen LogP contribution in [0, 0.1) is 0 Å². The van der Waals surface area contributed by atoms with E-state index < -0.39 is 0 Å². The van der Waals surface area contributed by atoms with Crippen LogP contribution in [0.25, 0.3) is 0 Å². The van der Waals surface area contributed by atoms with Crippen LogP contribution in [-0.4, -0.2) is 15.6 Å². The molecule has 0 atom stereocenters. The van der Waals surface area contributed by atoms with E-state index in [-0.39, 0.29) is 5.78 Å². The molecule has 0 saturated heterocycles. The third-order valence-electron chi connectivity index (χ3n) is 0.986. The molecule has 0 unspecified atom stereocenters. The topological polar surface area (TPSA) is 34.9 Å². The highest BCUT2D eigenvalue weighted by Crippen LogP contribution is 2.03. The van der Waals surface area contributed by atoms with Crippen LogP contribution in [0.3, 0.4) is 0 Å². The number of nitrogens with zero attached hydrogens (tertiary/aromatic N) is 2. The first-order valence-electron chi connectivity index (χ1n) is 2.86. The summed E-state index contributed by atoms with van der Waals surface area (Å²) >= 11 is 5.55. The van der Waals surface area contributed by atoms with E-state index in [1.807, 2.05) is 0 Å². The highest BCUT2D eigenvalue weighted by molar-refractivity contribution is 6.30. The molecule has 4 heteroatoms. The summed E-state index contributed by atoms with van der Waals surface area (Å²) in [5.74, 6) is 0.0692. The second-order valence-corrected chi connectivity index (χ2v) is 2.49. The summed E-state index contributed by atoms with van der Waals surface area (Å²) < 4.78 is 1.50. The van der Waals surface area contributed by atoms with Crippen LogP contribution >= 0.6 is 11.6 Å². The normalized spacial score (nSPS) is 9.80. The summed E-state index contributed by atoms with van der Waals surface area (Å²) in [5, 5.41) is 4.38. The van der Waals surface area contributed by atoms with E-state index in [0.29, 0.717) is 11.6 Å². The second kappa shape index (κ2) is 2.84. The molecule has 0 N–H and O–H groups in total. The molecule has 0 bridgehead atoms. The molecule has 1 heterocycles. The Morgan fingerprint density at radius 3 is 3.00 bits per heavy atom. The van der Waals surface area contributed by atoms with Crippen LogP contribution in [0.5, 0.6) is 0 Å². The minimum Gasteiger partial charge on any atom is -0.298 e. The van der Waals surface area contributed by atoms with Crippen LogP contribution < -0.4 is 0 Å². The van der Waals surface area contributed by atoms with Gasteiger partial charge < -0.3 is 0 Å². The molecule has 0 amide bonds. The zero-order chi connectivity index (χ0) is 7.56. The molecule has 0 aliphatic rings. The zero-order valence-corrected chi connectivity index (χ0v) is 6.30. The van der Waals surface area contributed by atoms with Crippen LogP contribution in [0.1, 0.15) is 6.92 Å². The Balaban J connectivity index is 2.67. The maximum atomic E-state index is 10.5. The Kier molecular flexibility index (Phi) is 2.06. The van der Waals surface area contributed by atoms with Crippen molar-refractivity contribution in [2.75, 3.05) is 0 Å². The monoisotopic (exact) mass is 158 g/mol. The quantitative estimate of drug-likeness (QED) is 0.647. The lowest BCUT2D eigenvalue weighted by Gasteiger charge is -1.92. The fourth-order valence-corrected chi connectivity index (χ4v) is 0.809. The zero-order valence-electron chi connectivity index (χ0n) is 5.54.